The molecule has 0 spiro atoms. The third-order valence-corrected chi connectivity index (χ3v) is 11.6. The molecule has 5 nitrogen and oxygen atoms in total. The molecule has 0 saturated heterocycles. The van der Waals surface area contributed by atoms with Gasteiger partial charge in [0, 0.05) is 30.8 Å². The van der Waals surface area contributed by atoms with E-state index in [1.54, 1.807) is 13.0 Å². The molecule has 0 amide bonds. The standard InChI is InChI=1S/C32H46O5/c1-19(28(35)36)9-11-25(37-21(3)33)20(2)22-13-17-32(8)24-10-12-26-29(4,5)27(34)15-16-30(26,6)23(24)14-18-31(22,32)7/h9-10,14,20,22,25-26H,11-13,15-18H2,1-8H3,(H,35,36)/b19-9-/t20-,22+,25-,26-,30+,31+,32-/m0/s1. The zero-order valence-corrected chi connectivity index (χ0v) is 24.1. The molecule has 2 saturated carbocycles. The van der Waals surface area contributed by atoms with Gasteiger partial charge < -0.3 is 9.84 Å². The Morgan fingerprint density at radius 1 is 1.11 bits per heavy atom. The van der Waals surface area contributed by atoms with Crippen LogP contribution in [-0.2, 0) is 19.1 Å². The minimum absolute atomic E-state index is 0.00884. The Bertz CT molecular complexity index is 1090. The normalized spacial score (nSPS) is 38.4. The summed E-state index contributed by atoms with van der Waals surface area (Å²) in [6, 6.07) is 0. The summed E-state index contributed by atoms with van der Waals surface area (Å²) in [6.07, 6.45) is 12.4. The van der Waals surface area contributed by atoms with Gasteiger partial charge in [-0.3, -0.25) is 9.59 Å². The fourth-order valence-electron chi connectivity index (χ4n) is 8.91. The van der Waals surface area contributed by atoms with Crippen LogP contribution in [0.3, 0.4) is 0 Å². The Labute approximate surface area is 222 Å². The van der Waals surface area contributed by atoms with Gasteiger partial charge in [0.2, 0.25) is 0 Å². The highest BCUT2D eigenvalue weighted by Crippen LogP contribution is 2.71. The van der Waals surface area contributed by atoms with Crippen molar-refractivity contribution in [1.82, 2.24) is 0 Å². The predicted octanol–water partition coefficient (Wildman–Crippen LogP) is 7.07. The summed E-state index contributed by atoms with van der Waals surface area (Å²) in [5, 5.41) is 9.31. The van der Waals surface area contributed by atoms with Crippen molar-refractivity contribution in [3.8, 4) is 0 Å². The molecule has 0 heterocycles. The third kappa shape index (κ3) is 4.15. The van der Waals surface area contributed by atoms with Gasteiger partial charge in [0.1, 0.15) is 11.9 Å². The van der Waals surface area contributed by atoms with E-state index in [0.717, 1.165) is 32.1 Å². The molecule has 37 heavy (non-hydrogen) atoms. The summed E-state index contributed by atoms with van der Waals surface area (Å²) in [7, 11) is 0. The maximum atomic E-state index is 12.8. The SMILES string of the molecule is CC(=O)O[C@@H](C/C=C(/C)C(=O)O)[C@@H](C)[C@H]1CC[C@@]2(C)C3=CC[C@H]4C(C)(C)C(=O)CC[C@]4(C)C3=CC[C@]12C. The number of ketones is 1. The monoisotopic (exact) mass is 510 g/mol. The van der Waals surface area contributed by atoms with Crippen molar-refractivity contribution in [2.75, 3.05) is 0 Å². The Morgan fingerprint density at radius 2 is 1.78 bits per heavy atom. The maximum Gasteiger partial charge on any atom is 0.330 e. The van der Waals surface area contributed by atoms with Crippen molar-refractivity contribution in [3.63, 3.8) is 0 Å². The van der Waals surface area contributed by atoms with Gasteiger partial charge in [-0.25, -0.2) is 4.79 Å². The van der Waals surface area contributed by atoms with Crippen LogP contribution in [0.1, 0.15) is 100 Å². The van der Waals surface area contributed by atoms with E-state index in [4.69, 9.17) is 4.74 Å². The number of carboxylic acids is 1. The van der Waals surface area contributed by atoms with Gasteiger partial charge in [0.25, 0.3) is 0 Å². The molecule has 0 aliphatic heterocycles. The Hall–Kier alpha value is -2.17. The van der Waals surface area contributed by atoms with Gasteiger partial charge >= 0.3 is 11.9 Å². The van der Waals surface area contributed by atoms with Crippen LogP contribution >= 0.6 is 0 Å². The second kappa shape index (κ2) is 9.24. The van der Waals surface area contributed by atoms with E-state index >= 15 is 0 Å². The molecule has 0 aromatic rings. The van der Waals surface area contributed by atoms with Crippen LogP contribution < -0.4 is 0 Å². The number of esters is 1. The number of fused-ring (bicyclic) bond motifs is 5. The minimum Gasteiger partial charge on any atom is -0.478 e. The van der Waals surface area contributed by atoms with Crippen molar-refractivity contribution >= 4 is 17.7 Å². The van der Waals surface area contributed by atoms with Crippen molar-refractivity contribution in [2.45, 2.75) is 106 Å². The molecule has 0 aromatic heterocycles. The minimum atomic E-state index is -0.941. The van der Waals surface area contributed by atoms with Gasteiger partial charge in [-0.2, -0.15) is 0 Å². The van der Waals surface area contributed by atoms with Gasteiger partial charge in [-0.15, -0.1) is 0 Å². The zero-order chi connectivity index (χ0) is 27.6. The lowest BCUT2D eigenvalue weighted by atomic mass is 9.44. The van der Waals surface area contributed by atoms with Gasteiger partial charge in [0.15, 0.2) is 0 Å². The number of aliphatic carboxylic acids is 1. The predicted molar refractivity (Wildman–Crippen MR) is 145 cm³/mol. The number of hydrogen-bond acceptors (Lipinski definition) is 4. The second-order valence-electron chi connectivity index (χ2n) is 13.6. The van der Waals surface area contributed by atoms with Crippen LogP contribution in [0.2, 0.25) is 0 Å². The number of Topliss-reactive ketones (excluding diaryl/α,β-unsaturated/α-hetero) is 1. The lowest BCUT2D eigenvalue weighted by Gasteiger charge is -2.59. The highest BCUT2D eigenvalue weighted by Gasteiger charge is 2.63. The Morgan fingerprint density at radius 3 is 2.41 bits per heavy atom. The molecular formula is C32H46O5. The molecule has 0 aromatic carbocycles. The van der Waals surface area contributed by atoms with E-state index in [1.807, 2.05) is 0 Å². The number of ether oxygens (including phenoxy) is 1. The second-order valence-corrected chi connectivity index (χ2v) is 13.6. The van der Waals surface area contributed by atoms with Crippen molar-refractivity contribution in [3.05, 3.63) is 34.9 Å². The average Bonchev–Trinajstić information content (AvgIpc) is 3.09. The van der Waals surface area contributed by atoms with Crippen LogP contribution in [0.25, 0.3) is 0 Å². The third-order valence-electron chi connectivity index (χ3n) is 11.6. The first kappa shape index (κ1) is 27.9. The zero-order valence-electron chi connectivity index (χ0n) is 24.1. The maximum absolute atomic E-state index is 12.8. The Balaban J connectivity index is 1.68. The number of allylic oxidation sites excluding steroid dienone is 4. The van der Waals surface area contributed by atoms with Crippen molar-refractivity contribution in [2.24, 2.45) is 39.4 Å². The number of carbonyl (C=O) groups excluding carboxylic acids is 2. The van der Waals surface area contributed by atoms with Crippen LogP contribution in [-0.4, -0.2) is 28.9 Å². The van der Waals surface area contributed by atoms with E-state index in [2.05, 4.69) is 53.7 Å². The van der Waals surface area contributed by atoms with E-state index in [9.17, 15) is 19.5 Å². The van der Waals surface area contributed by atoms with Gasteiger partial charge in [0.05, 0.1) is 0 Å². The molecule has 0 unspecified atom stereocenters. The van der Waals surface area contributed by atoms with E-state index in [1.165, 1.54) is 18.1 Å². The average molecular weight is 511 g/mol. The molecule has 0 radical (unpaired) electrons. The molecule has 0 bridgehead atoms. The molecule has 4 aliphatic carbocycles. The summed E-state index contributed by atoms with van der Waals surface area (Å²) in [6.45, 7) is 16.8. The van der Waals surface area contributed by atoms with Crippen molar-refractivity contribution < 1.29 is 24.2 Å². The van der Waals surface area contributed by atoms with Gasteiger partial charge in [-0.05, 0) is 84.2 Å². The molecule has 4 rings (SSSR count). The molecule has 1 N–H and O–H groups in total. The summed E-state index contributed by atoms with van der Waals surface area (Å²) in [5.41, 5.74) is 3.00. The van der Waals surface area contributed by atoms with E-state index in [0.29, 0.717) is 30.5 Å². The molecule has 2 fully saturated rings. The quantitative estimate of drug-likeness (QED) is 0.305. The molecule has 4 aliphatic rings. The summed E-state index contributed by atoms with van der Waals surface area (Å²) >= 11 is 0. The molecule has 7 atom stereocenters. The van der Waals surface area contributed by atoms with Gasteiger partial charge in [-0.1, -0.05) is 59.8 Å². The first-order valence-corrected chi connectivity index (χ1v) is 14.1. The van der Waals surface area contributed by atoms with Crippen LogP contribution in [0.4, 0.5) is 0 Å². The lowest BCUT2D eigenvalue weighted by molar-refractivity contribution is -0.151. The van der Waals surface area contributed by atoms with Crippen molar-refractivity contribution in [1.29, 1.82) is 0 Å². The topological polar surface area (TPSA) is 80.7 Å². The highest BCUT2D eigenvalue weighted by atomic mass is 16.5. The number of carbonyl (C=O) groups is 3. The summed E-state index contributed by atoms with van der Waals surface area (Å²) in [5.74, 6) is -0.0893. The first-order valence-electron chi connectivity index (χ1n) is 14.1. The summed E-state index contributed by atoms with van der Waals surface area (Å²) < 4.78 is 5.80. The number of hydrogen-bond donors (Lipinski definition) is 1. The number of carboxylic acid groups (broad SMARTS) is 1. The Kier molecular flexibility index (Phi) is 6.95. The molecule has 5 heteroatoms. The number of rotatable bonds is 6. The first-order chi connectivity index (χ1) is 17.1. The smallest absolute Gasteiger partial charge is 0.330 e. The largest absolute Gasteiger partial charge is 0.478 e. The van der Waals surface area contributed by atoms with E-state index in [-0.39, 0.29) is 45.2 Å². The lowest BCUT2D eigenvalue weighted by Crippen LogP contribution is -2.53. The molecule has 204 valence electrons. The highest BCUT2D eigenvalue weighted by molar-refractivity contribution is 5.86. The van der Waals surface area contributed by atoms with E-state index < -0.39 is 5.97 Å². The fourth-order valence-corrected chi connectivity index (χ4v) is 8.91. The molecular weight excluding hydrogens is 464 g/mol. The van der Waals surface area contributed by atoms with Crippen LogP contribution in [0.5, 0.6) is 0 Å². The summed E-state index contributed by atoms with van der Waals surface area (Å²) in [4.78, 5) is 36.2. The van der Waals surface area contributed by atoms with Crippen LogP contribution in [0.15, 0.2) is 34.9 Å². The van der Waals surface area contributed by atoms with Crippen LogP contribution in [0, 0.1) is 39.4 Å². The fraction of sp³-hybridized carbons (Fsp3) is 0.719.